The summed E-state index contributed by atoms with van der Waals surface area (Å²) in [6, 6.07) is 7.78. The van der Waals surface area contributed by atoms with Crippen LogP contribution in [0.2, 0.25) is 0 Å². The fraction of sp³-hybridized carbons (Fsp3) is 0.333. The van der Waals surface area contributed by atoms with Gasteiger partial charge in [0.15, 0.2) is 11.5 Å². The summed E-state index contributed by atoms with van der Waals surface area (Å²) in [4.78, 5) is 22.3. The molecule has 0 spiro atoms. The molecule has 11 nitrogen and oxygen atoms in total. The molecule has 1 saturated heterocycles. The molecule has 33 heavy (non-hydrogen) atoms. The highest BCUT2D eigenvalue weighted by Crippen LogP contribution is 2.33. The van der Waals surface area contributed by atoms with Crippen LogP contribution in [0.1, 0.15) is 17.4 Å². The number of sulfonamides is 1. The van der Waals surface area contributed by atoms with Crippen LogP contribution in [0.5, 0.6) is 5.75 Å². The number of carbonyl (C=O) groups is 1. The van der Waals surface area contributed by atoms with Gasteiger partial charge in [0.05, 0.1) is 13.7 Å². The van der Waals surface area contributed by atoms with Crippen LogP contribution in [0.4, 0.5) is 5.95 Å². The molecule has 1 fully saturated rings. The summed E-state index contributed by atoms with van der Waals surface area (Å²) in [7, 11) is -2.46. The van der Waals surface area contributed by atoms with Crippen LogP contribution in [0.25, 0.3) is 11.3 Å². The van der Waals surface area contributed by atoms with Gasteiger partial charge in [0.25, 0.3) is 0 Å². The van der Waals surface area contributed by atoms with Gasteiger partial charge in [-0.2, -0.15) is 4.31 Å². The van der Waals surface area contributed by atoms with E-state index in [2.05, 4.69) is 15.1 Å². The van der Waals surface area contributed by atoms with Gasteiger partial charge in [-0.1, -0.05) is 5.16 Å². The van der Waals surface area contributed by atoms with E-state index in [1.54, 1.807) is 37.5 Å². The molecule has 0 atom stereocenters. The van der Waals surface area contributed by atoms with Crippen molar-refractivity contribution in [2.75, 3.05) is 44.8 Å². The van der Waals surface area contributed by atoms with E-state index in [9.17, 15) is 13.2 Å². The largest absolute Gasteiger partial charge is 0.495 e. The first-order valence-electron chi connectivity index (χ1n) is 10.3. The van der Waals surface area contributed by atoms with Crippen LogP contribution >= 0.6 is 0 Å². The van der Waals surface area contributed by atoms with Crippen LogP contribution < -0.4 is 9.64 Å². The van der Waals surface area contributed by atoms with Gasteiger partial charge in [-0.3, -0.25) is 0 Å². The molecule has 1 aromatic carbocycles. The molecule has 4 rings (SSSR count). The monoisotopic (exact) mass is 473 g/mol. The zero-order valence-corrected chi connectivity index (χ0v) is 19.0. The maximum absolute atomic E-state index is 13.5. The summed E-state index contributed by atoms with van der Waals surface area (Å²) in [5.74, 6) is 0.395. The van der Waals surface area contributed by atoms with Gasteiger partial charge in [0, 0.05) is 50.2 Å². The fourth-order valence-corrected chi connectivity index (χ4v) is 5.07. The third kappa shape index (κ3) is 4.66. The summed E-state index contributed by atoms with van der Waals surface area (Å²) in [5, 5.41) is 3.71. The van der Waals surface area contributed by atoms with E-state index in [1.165, 1.54) is 23.5 Å². The number of aromatic nitrogens is 3. The number of carbonyl (C=O) groups excluding carboxylic acids is 1. The SMILES string of the molecule is CCOC(=O)c1cc(-c2ccc(OC)c(S(=O)(=O)N3CCN(c4ncccn4)CC3)c2)on1. The molecule has 0 unspecified atom stereocenters. The second kappa shape index (κ2) is 9.55. The summed E-state index contributed by atoms with van der Waals surface area (Å²) in [6.07, 6.45) is 3.30. The Hall–Kier alpha value is -3.51. The van der Waals surface area contributed by atoms with Crippen molar-refractivity contribution < 1.29 is 27.2 Å². The Kier molecular flexibility index (Phi) is 6.56. The minimum atomic E-state index is -3.87. The van der Waals surface area contributed by atoms with Crippen LogP contribution in [0.15, 0.2) is 52.1 Å². The van der Waals surface area contributed by atoms with E-state index < -0.39 is 16.0 Å². The van der Waals surface area contributed by atoms with Gasteiger partial charge in [-0.05, 0) is 31.2 Å². The molecular weight excluding hydrogens is 450 g/mol. The molecule has 0 bridgehead atoms. The van der Waals surface area contributed by atoms with E-state index in [0.717, 1.165) is 0 Å². The van der Waals surface area contributed by atoms with E-state index in [-0.39, 0.29) is 41.8 Å². The lowest BCUT2D eigenvalue weighted by Gasteiger charge is -2.34. The summed E-state index contributed by atoms with van der Waals surface area (Å²) in [6.45, 7) is 3.33. The van der Waals surface area contributed by atoms with Gasteiger partial charge in [0.2, 0.25) is 16.0 Å². The Morgan fingerprint density at radius 1 is 1.12 bits per heavy atom. The second-order valence-corrected chi connectivity index (χ2v) is 9.01. The van der Waals surface area contributed by atoms with Gasteiger partial charge in [-0.15, -0.1) is 0 Å². The minimum absolute atomic E-state index is 0.000922. The first-order valence-corrected chi connectivity index (χ1v) is 11.7. The number of anilines is 1. The van der Waals surface area contributed by atoms with Gasteiger partial charge >= 0.3 is 5.97 Å². The number of hydrogen-bond acceptors (Lipinski definition) is 10. The lowest BCUT2D eigenvalue weighted by Crippen LogP contribution is -2.49. The lowest BCUT2D eigenvalue weighted by molar-refractivity contribution is 0.0514. The molecule has 1 aliphatic heterocycles. The highest BCUT2D eigenvalue weighted by molar-refractivity contribution is 7.89. The Balaban J connectivity index is 1.58. The molecule has 174 valence electrons. The highest BCUT2D eigenvalue weighted by Gasteiger charge is 2.32. The number of nitrogens with zero attached hydrogens (tertiary/aromatic N) is 5. The second-order valence-electron chi connectivity index (χ2n) is 7.10. The van der Waals surface area contributed by atoms with Crippen molar-refractivity contribution in [2.24, 2.45) is 0 Å². The predicted octanol–water partition coefficient (Wildman–Crippen LogP) is 1.83. The molecule has 0 N–H and O–H groups in total. The maximum atomic E-state index is 13.5. The van der Waals surface area contributed by atoms with Crippen LogP contribution in [0, 0.1) is 0 Å². The van der Waals surface area contributed by atoms with Crippen molar-refractivity contribution in [1.29, 1.82) is 0 Å². The molecule has 1 aliphatic rings. The van der Waals surface area contributed by atoms with Crippen molar-refractivity contribution >= 4 is 21.9 Å². The van der Waals surface area contributed by atoms with Crippen molar-refractivity contribution in [3.05, 3.63) is 48.4 Å². The van der Waals surface area contributed by atoms with Crippen LogP contribution in [-0.2, 0) is 14.8 Å². The average molecular weight is 474 g/mol. The Morgan fingerprint density at radius 2 is 1.85 bits per heavy atom. The highest BCUT2D eigenvalue weighted by atomic mass is 32.2. The quantitative estimate of drug-likeness (QED) is 0.469. The molecule has 0 aliphatic carbocycles. The zero-order valence-electron chi connectivity index (χ0n) is 18.2. The van der Waals surface area contributed by atoms with Crippen molar-refractivity contribution in [2.45, 2.75) is 11.8 Å². The molecule has 12 heteroatoms. The zero-order chi connectivity index (χ0) is 23.4. The molecule has 0 saturated carbocycles. The van der Waals surface area contributed by atoms with Crippen LogP contribution in [-0.4, -0.2) is 73.7 Å². The number of esters is 1. The number of methoxy groups -OCH3 is 1. The normalized spacial score (nSPS) is 14.8. The minimum Gasteiger partial charge on any atom is -0.495 e. The van der Waals surface area contributed by atoms with Gasteiger partial charge < -0.3 is 18.9 Å². The van der Waals surface area contributed by atoms with E-state index in [1.807, 2.05) is 4.90 Å². The van der Waals surface area contributed by atoms with E-state index in [0.29, 0.717) is 24.6 Å². The number of piperazine rings is 1. The summed E-state index contributed by atoms with van der Waals surface area (Å²) < 4.78 is 43.8. The third-order valence-electron chi connectivity index (χ3n) is 5.13. The molecule has 2 aromatic heterocycles. The van der Waals surface area contributed by atoms with Crippen molar-refractivity contribution in [3.63, 3.8) is 0 Å². The van der Waals surface area contributed by atoms with Gasteiger partial charge in [-0.25, -0.2) is 23.2 Å². The smallest absolute Gasteiger partial charge is 0.360 e. The van der Waals surface area contributed by atoms with E-state index >= 15 is 0 Å². The third-order valence-corrected chi connectivity index (χ3v) is 7.05. The molecular formula is C21H23N5O6S. The number of rotatable bonds is 7. The summed E-state index contributed by atoms with van der Waals surface area (Å²) >= 11 is 0. The number of ether oxygens (including phenoxy) is 2. The topological polar surface area (TPSA) is 128 Å². The van der Waals surface area contributed by atoms with Gasteiger partial charge in [0.1, 0.15) is 10.6 Å². The lowest BCUT2D eigenvalue weighted by atomic mass is 10.1. The first-order chi connectivity index (χ1) is 15.9. The fourth-order valence-electron chi connectivity index (χ4n) is 3.47. The standard InChI is InChI=1S/C21H23N5O6S/c1-3-31-20(27)16-14-18(32-24-16)15-5-6-17(30-2)19(13-15)33(28,29)26-11-9-25(10-12-26)21-22-7-4-8-23-21/h4-8,13-14H,3,9-12H2,1-2H3. The first kappa shape index (κ1) is 22.7. The molecule has 3 aromatic rings. The summed E-state index contributed by atoms with van der Waals surface area (Å²) in [5.41, 5.74) is 0.445. The van der Waals surface area contributed by atoms with Crippen molar-refractivity contribution in [3.8, 4) is 17.1 Å². The Morgan fingerprint density at radius 3 is 2.52 bits per heavy atom. The Bertz CT molecular complexity index is 1220. The average Bonchev–Trinajstić information content (AvgIpc) is 3.35. The Labute approximate surface area is 191 Å². The number of benzene rings is 1. The maximum Gasteiger partial charge on any atom is 0.360 e. The molecule has 3 heterocycles. The predicted molar refractivity (Wildman–Crippen MR) is 117 cm³/mol. The molecule has 0 radical (unpaired) electrons. The molecule has 0 amide bonds. The number of hydrogen-bond donors (Lipinski definition) is 0. The van der Waals surface area contributed by atoms with Crippen LogP contribution in [0.3, 0.4) is 0 Å². The van der Waals surface area contributed by atoms with Crippen molar-refractivity contribution in [1.82, 2.24) is 19.4 Å². The van der Waals surface area contributed by atoms with E-state index in [4.69, 9.17) is 14.0 Å².